The maximum absolute atomic E-state index is 12.7. The van der Waals surface area contributed by atoms with E-state index in [2.05, 4.69) is 10.4 Å². The Morgan fingerprint density at radius 2 is 2.09 bits per heavy atom. The molecule has 7 heteroatoms. The van der Waals surface area contributed by atoms with Gasteiger partial charge in [-0.3, -0.25) is 9.48 Å². The zero-order chi connectivity index (χ0) is 16.6. The SMILES string of the molecule is COc1ccccc1N1C(=O)/C(=C\c2cnn(C)c2C)NC1=S. The van der Waals surface area contributed by atoms with Gasteiger partial charge in [-0.05, 0) is 37.4 Å². The number of ether oxygens (including phenoxy) is 1. The number of benzene rings is 1. The molecule has 1 aromatic heterocycles. The van der Waals surface area contributed by atoms with Crippen LogP contribution in [0.25, 0.3) is 6.08 Å². The number of methoxy groups -OCH3 is 1. The molecule has 2 aromatic rings. The molecule has 1 N–H and O–H groups in total. The number of aryl methyl sites for hydroxylation is 1. The summed E-state index contributed by atoms with van der Waals surface area (Å²) in [5, 5.41) is 7.46. The van der Waals surface area contributed by atoms with Crippen molar-refractivity contribution in [3.05, 3.63) is 47.4 Å². The summed E-state index contributed by atoms with van der Waals surface area (Å²) < 4.78 is 7.07. The van der Waals surface area contributed by atoms with E-state index >= 15 is 0 Å². The van der Waals surface area contributed by atoms with Crippen molar-refractivity contribution >= 4 is 35.0 Å². The minimum Gasteiger partial charge on any atom is -0.495 e. The van der Waals surface area contributed by atoms with Gasteiger partial charge >= 0.3 is 0 Å². The second-order valence-corrected chi connectivity index (χ2v) is 5.50. The van der Waals surface area contributed by atoms with Crippen LogP contribution in [0.2, 0.25) is 0 Å². The quantitative estimate of drug-likeness (QED) is 0.690. The topological polar surface area (TPSA) is 59.4 Å². The lowest BCUT2D eigenvalue weighted by atomic mass is 10.2. The molecular weight excluding hydrogens is 312 g/mol. The molecule has 1 aromatic carbocycles. The highest BCUT2D eigenvalue weighted by molar-refractivity contribution is 7.80. The molecule has 6 nitrogen and oxygen atoms in total. The number of amides is 1. The summed E-state index contributed by atoms with van der Waals surface area (Å²) in [5.74, 6) is 0.367. The number of hydrogen-bond donors (Lipinski definition) is 1. The normalized spacial score (nSPS) is 16.1. The number of anilines is 1. The average Bonchev–Trinajstić information content (AvgIpc) is 3.01. The van der Waals surface area contributed by atoms with Crippen LogP contribution in [-0.2, 0) is 11.8 Å². The number of nitrogens with zero attached hydrogens (tertiary/aromatic N) is 3. The highest BCUT2D eigenvalue weighted by atomic mass is 32.1. The molecule has 0 radical (unpaired) electrons. The maximum Gasteiger partial charge on any atom is 0.281 e. The van der Waals surface area contributed by atoms with E-state index in [0.29, 0.717) is 22.2 Å². The Bertz CT molecular complexity index is 825. The van der Waals surface area contributed by atoms with Gasteiger partial charge in [0.1, 0.15) is 11.4 Å². The summed E-state index contributed by atoms with van der Waals surface area (Å²) in [7, 11) is 3.42. The third kappa shape index (κ3) is 2.59. The molecule has 0 unspecified atom stereocenters. The standard InChI is InChI=1S/C16H16N4O2S/c1-10-11(9-17-19(10)2)8-12-15(21)20(16(23)18-12)13-6-4-5-7-14(13)22-3/h4-9H,1-3H3,(H,18,23)/b12-8+. The van der Waals surface area contributed by atoms with Crippen molar-refractivity contribution in [2.75, 3.05) is 12.0 Å². The summed E-state index contributed by atoms with van der Waals surface area (Å²) in [6, 6.07) is 7.26. The van der Waals surface area contributed by atoms with Crippen LogP contribution in [0.1, 0.15) is 11.3 Å². The molecule has 0 aliphatic carbocycles. The highest BCUT2D eigenvalue weighted by Gasteiger charge is 2.33. The third-order valence-corrected chi connectivity index (χ3v) is 4.06. The Hall–Kier alpha value is -2.67. The zero-order valence-corrected chi connectivity index (χ0v) is 13.8. The van der Waals surface area contributed by atoms with E-state index in [-0.39, 0.29) is 5.91 Å². The fourth-order valence-electron chi connectivity index (χ4n) is 2.38. The third-order valence-electron chi connectivity index (χ3n) is 3.78. The number of hydrogen-bond acceptors (Lipinski definition) is 4. The Labute approximate surface area is 139 Å². The molecule has 23 heavy (non-hydrogen) atoms. The van der Waals surface area contributed by atoms with Crippen molar-refractivity contribution in [3.8, 4) is 5.75 Å². The number of thiocarbonyl (C=S) groups is 1. The van der Waals surface area contributed by atoms with E-state index in [1.807, 2.05) is 26.1 Å². The Balaban J connectivity index is 1.99. The zero-order valence-electron chi connectivity index (χ0n) is 13.0. The molecule has 1 amide bonds. The van der Waals surface area contributed by atoms with Gasteiger partial charge in [-0.25, -0.2) is 4.90 Å². The highest BCUT2D eigenvalue weighted by Crippen LogP contribution is 2.31. The minimum absolute atomic E-state index is 0.220. The first-order valence-electron chi connectivity index (χ1n) is 7.01. The fourth-order valence-corrected chi connectivity index (χ4v) is 2.67. The van der Waals surface area contributed by atoms with Crippen LogP contribution in [-0.4, -0.2) is 27.9 Å². The number of nitrogens with one attached hydrogen (secondary N) is 1. The number of carbonyl (C=O) groups is 1. The van der Waals surface area contributed by atoms with Crippen LogP contribution >= 0.6 is 12.2 Å². The summed E-state index contributed by atoms with van der Waals surface area (Å²) in [5.41, 5.74) is 2.86. The predicted molar refractivity (Wildman–Crippen MR) is 92.1 cm³/mol. The van der Waals surface area contributed by atoms with Crippen molar-refractivity contribution in [3.63, 3.8) is 0 Å². The largest absolute Gasteiger partial charge is 0.495 e. The van der Waals surface area contributed by atoms with Gasteiger partial charge in [-0.1, -0.05) is 12.1 Å². The lowest BCUT2D eigenvalue weighted by molar-refractivity contribution is -0.113. The van der Waals surface area contributed by atoms with Gasteiger partial charge in [-0.2, -0.15) is 5.10 Å². The minimum atomic E-state index is -0.220. The molecular formula is C16H16N4O2S. The van der Waals surface area contributed by atoms with E-state index in [1.54, 1.807) is 36.2 Å². The smallest absolute Gasteiger partial charge is 0.281 e. The maximum atomic E-state index is 12.7. The van der Waals surface area contributed by atoms with Crippen molar-refractivity contribution in [2.45, 2.75) is 6.92 Å². The summed E-state index contributed by atoms with van der Waals surface area (Å²) in [6.45, 7) is 1.94. The van der Waals surface area contributed by atoms with Crippen LogP contribution in [0, 0.1) is 6.92 Å². The first-order valence-corrected chi connectivity index (χ1v) is 7.42. The average molecular weight is 328 g/mol. The summed E-state index contributed by atoms with van der Waals surface area (Å²) in [6.07, 6.45) is 3.47. The van der Waals surface area contributed by atoms with Crippen LogP contribution in [0.15, 0.2) is 36.2 Å². The van der Waals surface area contributed by atoms with Gasteiger partial charge in [0.2, 0.25) is 0 Å². The van der Waals surface area contributed by atoms with Crippen LogP contribution < -0.4 is 15.0 Å². The van der Waals surface area contributed by atoms with Gasteiger partial charge in [0, 0.05) is 18.3 Å². The molecule has 1 aliphatic heterocycles. The molecule has 1 saturated heterocycles. The molecule has 1 aliphatic rings. The molecule has 0 bridgehead atoms. The monoisotopic (exact) mass is 328 g/mol. The van der Waals surface area contributed by atoms with Crippen molar-refractivity contribution < 1.29 is 9.53 Å². The Kier molecular flexibility index (Phi) is 3.87. The first-order chi connectivity index (χ1) is 11.0. The second kappa shape index (κ2) is 5.85. The van der Waals surface area contributed by atoms with E-state index in [0.717, 1.165) is 11.3 Å². The molecule has 3 rings (SSSR count). The van der Waals surface area contributed by atoms with Gasteiger partial charge in [0.05, 0.1) is 19.0 Å². The molecule has 2 heterocycles. The van der Waals surface area contributed by atoms with Gasteiger partial charge < -0.3 is 10.1 Å². The van der Waals surface area contributed by atoms with Gasteiger partial charge in [0.25, 0.3) is 5.91 Å². The van der Waals surface area contributed by atoms with Crippen molar-refractivity contribution in [1.29, 1.82) is 0 Å². The number of rotatable bonds is 3. The van der Waals surface area contributed by atoms with Crippen LogP contribution in [0.5, 0.6) is 5.75 Å². The predicted octanol–water partition coefficient (Wildman–Crippen LogP) is 2.00. The van der Waals surface area contributed by atoms with Crippen molar-refractivity contribution in [1.82, 2.24) is 15.1 Å². The first kappa shape index (κ1) is 15.2. The second-order valence-electron chi connectivity index (χ2n) is 5.11. The summed E-state index contributed by atoms with van der Waals surface area (Å²) in [4.78, 5) is 14.2. The molecule has 0 spiro atoms. The van der Waals surface area contributed by atoms with E-state index in [1.165, 1.54) is 4.90 Å². The van der Waals surface area contributed by atoms with Crippen LogP contribution in [0.4, 0.5) is 5.69 Å². The fraction of sp³-hybridized carbons (Fsp3) is 0.188. The number of aromatic nitrogens is 2. The molecule has 118 valence electrons. The number of para-hydroxylation sites is 2. The van der Waals surface area contributed by atoms with Crippen LogP contribution in [0.3, 0.4) is 0 Å². The molecule has 1 fully saturated rings. The van der Waals surface area contributed by atoms with E-state index < -0.39 is 0 Å². The van der Waals surface area contributed by atoms with E-state index in [9.17, 15) is 4.79 Å². The lowest BCUT2D eigenvalue weighted by Gasteiger charge is -2.17. The van der Waals surface area contributed by atoms with Gasteiger partial charge in [0.15, 0.2) is 5.11 Å². The van der Waals surface area contributed by atoms with Gasteiger partial charge in [-0.15, -0.1) is 0 Å². The number of carbonyl (C=O) groups excluding carboxylic acids is 1. The lowest BCUT2D eigenvalue weighted by Crippen LogP contribution is -2.30. The summed E-state index contributed by atoms with van der Waals surface area (Å²) >= 11 is 5.32. The Morgan fingerprint density at radius 3 is 2.74 bits per heavy atom. The van der Waals surface area contributed by atoms with Crippen molar-refractivity contribution in [2.24, 2.45) is 7.05 Å². The Morgan fingerprint density at radius 1 is 1.35 bits per heavy atom. The molecule has 0 atom stereocenters. The van der Waals surface area contributed by atoms with E-state index in [4.69, 9.17) is 17.0 Å². The molecule has 0 saturated carbocycles.